The molecule has 0 heterocycles. The number of benzene rings is 2. The zero-order chi connectivity index (χ0) is 24.9. The van der Waals surface area contributed by atoms with Crippen LogP contribution < -0.4 is 15.4 Å². The van der Waals surface area contributed by atoms with Crippen molar-refractivity contribution in [3.05, 3.63) is 64.7 Å². The predicted molar refractivity (Wildman–Crippen MR) is 123 cm³/mol. The average Bonchev–Trinajstić information content (AvgIpc) is 3.69. The molecule has 2 aromatic rings. The lowest BCUT2D eigenvalue weighted by Gasteiger charge is -2.26. The Morgan fingerprint density at radius 1 is 0.857 bits per heavy atom. The van der Waals surface area contributed by atoms with Crippen LogP contribution in [-0.4, -0.2) is 42.1 Å². The summed E-state index contributed by atoms with van der Waals surface area (Å²) in [5.74, 6) is -2.85. The van der Waals surface area contributed by atoms with Gasteiger partial charge in [0.05, 0.1) is 17.6 Å². The number of halogens is 2. The molecule has 0 atom stereocenters. The van der Waals surface area contributed by atoms with Gasteiger partial charge in [0, 0.05) is 18.7 Å². The number of amides is 2. The summed E-state index contributed by atoms with van der Waals surface area (Å²) in [6, 6.07) is 8.62. The van der Waals surface area contributed by atoms with Crippen LogP contribution in [-0.2, 0) is 4.79 Å². The summed E-state index contributed by atoms with van der Waals surface area (Å²) in [7, 11) is 0. The Labute approximate surface area is 201 Å². The highest BCUT2D eigenvalue weighted by Gasteiger charge is 2.29. The minimum absolute atomic E-state index is 0.0382. The fourth-order valence-electron chi connectivity index (χ4n) is 4.30. The third-order valence-corrected chi connectivity index (χ3v) is 6.49. The van der Waals surface area contributed by atoms with E-state index in [1.807, 2.05) is 0 Å². The Hall–Kier alpha value is -3.49. The number of nitrogens with one attached hydrogen (secondary N) is 2. The third-order valence-electron chi connectivity index (χ3n) is 6.49. The molecule has 3 N–H and O–H groups in total. The number of carbonyl (C=O) groups excluding carboxylic acids is 2. The largest absolute Gasteiger partial charge is 0.490 e. The van der Waals surface area contributed by atoms with Gasteiger partial charge in [-0.05, 0) is 86.4 Å². The van der Waals surface area contributed by atoms with Crippen molar-refractivity contribution in [2.24, 2.45) is 5.92 Å². The number of aliphatic carboxylic acids is 1. The van der Waals surface area contributed by atoms with E-state index in [1.54, 1.807) is 24.3 Å². The van der Waals surface area contributed by atoms with Crippen molar-refractivity contribution in [3.63, 3.8) is 0 Å². The van der Waals surface area contributed by atoms with Gasteiger partial charge >= 0.3 is 5.97 Å². The quantitative estimate of drug-likeness (QED) is 0.465. The van der Waals surface area contributed by atoms with Gasteiger partial charge in [-0.25, -0.2) is 8.78 Å². The molecule has 0 bridgehead atoms. The number of carboxylic acid groups (broad SMARTS) is 1. The standard InChI is InChI=1S/C26H28F2N2O5/c27-22-14-21(23(28)13-20(22)15-1-2-15)25(32)30-12-11-29-24(31)16-3-7-18(8-4-16)35-19-9-5-17(6-10-19)26(33)34/h3-4,7-8,13-15,17,19H,1-2,5-6,9-12H2,(H,29,31)(H,30,32)(H,33,34)/t17-,19+. The second-order valence-corrected chi connectivity index (χ2v) is 9.09. The molecule has 2 amide bonds. The van der Waals surface area contributed by atoms with Gasteiger partial charge in [-0.2, -0.15) is 0 Å². The molecule has 2 aliphatic rings. The van der Waals surface area contributed by atoms with Crippen LogP contribution in [0.5, 0.6) is 5.75 Å². The molecule has 9 heteroatoms. The van der Waals surface area contributed by atoms with Gasteiger partial charge in [0.2, 0.25) is 0 Å². The van der Waals surface area contributed by atoms with Crippen molar-refractivity contribution in [1.29, 1.82) is 0 Å². The molecule has 4 rings (SSSR count). The topological polar surface area (TPSA) is 105 Å². The molecule has 186 valence electrons. The number of ether oxygens (including phenoxy) is 1. The predicted octanol–water partition coefficient (Wildman–Crippen LogP) is 4.02. The van der Waals surface area contributed by atoms with Crippen molar-refractivity contribution in [1.82, 2.24) is 10.6 Å². The van der Waals surface area contributed by atoms with Gasteiger partial charge in [-0.15, -0.1) is 0 Å². The first kappa shape index (κ1) is 24.6. The zero-order valence-electron chi connectivity index (χ0n) is 19.2. The summed E-state index contributed by atoms with van der Waals surface area (Å²) in [5.41, 5.74) is 0.362. The average molecular weight is 487 g/mol. The zero-order valence-corrected chi connectivity index (χ0v) is 19.2. The Bertz CT molecular complexity index is 1090. The number of hydrogen-bond donors (Lipinski definition) is 3. The summed E-state index contributed by atoms with van der Waals surface area (Å²) in [5, 5.41) is 14.2. The second-order valence-electron chi connectivity index (χ2n) is 9.09. The number of carboxylic acids is 1. The highest BCUT2D eigenvalue weighted by atomic mass is 19.1. The van der Waals surface area contributed by atoms with Crippen molar-refractivity contribution >= 4 is 17.8 Å². The first-order valence-corrected chi connectivity index (χ1v) is 11.9. The fourth-order valence-corrected chi connectivity index (χ4v) is 4.30. The molecule has 0 unspecified atom stereocenters. The highest BCUT2D eigenvalue weighted by molar-refractivity contribution is 5.95. The van der Waals surface area contributed by atoms with Crippen LogP contribution in [0.4, 0.5) is 8.78 Å². The Kier molecular flexibility index (Phi) is 7.63. The Morgan fingerprint density at radius 2 is 1.49 bits per heavy atom. The van der Waals surface area contributed by atoms with Crippen LogP contribution in [0.15, 0.2) is 36.4 Å². The summed E-state index contributed by atoms with van der Waals surface area (Å²) in [4.78, 5) is 35.6. The van der Waals surface area contributed by atoms with E-state index < -0.39 is 23.5 Å². The van der Waals surface area contributed by atoms with E-state index in [0.29, 0.717) is 42.6 Å². The van der Waals surface area contributed by atoms with E-state index in [4.69, 9.17) is 9.84 Å². The SMILES string of the molecule is O=C(NCCNC(=O)c1cc(F)c(C2CC2)cc1F)c1ccc(O[C@H]2CC[C@@H](C(=O)O)CC2)cc1. The van der Waals surface area contributed by atoms with E-state index in [0.717, 1.165) is 25.0 Å². The maximum atomic E-state index is 14.2. The molecule has 2 fully saturated rings. The van der Waals surface area contributed by atoms with E-state index in [1.165, 1.54) is 0 Å². The minimum Gasteiger partial charge on any atom is -0.490 e. The lowest BCUT2D eigenvalue weighted by molar-refractivity contribution is -0.143. The molecular formula is C26H28F2N2O5. The molecule has 0 aromatic heterocycles. The van der Waals surface area contributed by atoms with Gasteiger partial charge in [0.25, 0.3) is 11.8 Å². The molecule has 0 aliphatic heterocycles. The van der Waals surface area contributed by atoms with Gasteiger partial charge in [-0.3, -0.25) is 14.4 Å². The molecular weight excluding hydrogens is 458 g/mol. The van der Waals surface area contributed by atoms with Gasteiger partial charge in [-0.1, -0.05) is 0 Å². The van der Waals surface area contributed by atoms with Gasteiger partial charge in [0.15, 0.2) is 0 Å². The lowest BCUT2D eigenvalue weighted by atomic mass is 9.87. The van der Waals surface area contributed by atoms with Crippen LogP contribution >= 0.6 is 0 Å². The van der Waals surface area contributed by atoms with E-state index in [9.17, 15) is 23.2 Å². The van der Waals surface area contributed by atoms with Crippen molar-refractivity contribution in [2.45, 2.75) is 50.5 Å². The van der Waals surface area contributed by atoms with E-state index in [-0.39, 0.29) is 42.5 Å². The van der Waals surface area contributed by atoms with Crippen molar-refractivity contribution in [2.75, 3.05) is 13.1 Å². The second kappa shape index (κ2) is 10.8. The van der Waals surface area contributed by atoms with Gasteiger partial charge in [0.1, 0.15) is 17.4 Å². The molecule has 0 spiro atoms. The maximum absolute atomic E-state index is 14.2. The molecule has 2 aliphatic carbocycles. The van der Waals surface area contributed by atoms with E-state index in [2.05, 4.69) is 10.6 Å². The number of carbonyl (C=O) groups is 3. The van der Waals surface area contributed by atoms with Gasteiger partial charge < -0.3 is 20.5 Å². The molecule has 7 nitrogen and oxygen atoms in total. The monoisotopic (exact) mass is 486 g/mol. The van der Waals surface area contributed by atoms with Crippen LogP contribution in [0.25, 0.3) is 0 Å². The lowest BCUT2D eigenvalue weighted by Crippen LogP contribution is -2.35. The molecule has 2 saturated carbocycles. The van der Waals surface area contributed by atoms with E-state index >= 15 is 0 Å². The highest BCUT2D eigenvalue weighted by Crippen LogP contribution is 2.41. The summed E-state index contributed by atoms with van der Waals surface area (Å²) in [6.45, 7) is 0.163. The number of hydrogen-bond acceptors (Lipinski definition) is 4. The Morgan fingerprint density at radius 3 is 2.09 bits per heavy atom. The number of rotatable bonds is 9. The first-order valence-electron chi connectivity index (χ1n) is 11.9. The third kappa shape index (κ3) is 6.35. The molecule has 0 saturated heterocycles. The van der Waals surface area contributed by atoms with Crippen molar-refractivity contribution < 1.29 is 33.0 Å². The van der Waals surface area contributed by atoms with Crippen LogP contribution in [0.3, 0.4) is 0 Å². The minimum atomic E-state index is -0.762. The molecule has 35 heavy (non-hydrogen) atoms. The smallest absolute Gasteiger partial charge is 0.306 e. The first-order chi connectivity index (χ1) is 16.8. The normalized spacial score (nSPS) is 19.6. The fraction of sp³-hybridized carbons (Fsp3) is 0.423. The summed E-state index contributed by atoms with van der Waals surface area (Å²) in [6.07, 6.45) is 4.13. The van der Waals surface area contributed by atoms with Crippen LogP contribution in [0, 0.1) is 17.6 Å². The van der Waals surface area contributed by atoms with Crippen molar-refractivity contribution in [3.8, 4) is 5.75 Å². The molecule has 2 aromatic carbocycles. The summed E-state index contributed by atoms with van der Waals surface area (Å²) < 4.78 is 34.3. The summed E-state index contributed by atoms with van der Waals surface area (Å²) >= 11 is 0. The molecule has 0 radical (unpaired) electrons. The van der Waals surface area contributed by atoms with Crippen LogP contribution in [0.1, 0.15) is 70.7 Å². The van der Waals surface area contributed by atoms with Crippen LogP contribution in [0.2, 0.25) is 0 Å². The Balaban J connectivity index is 1.19. The maximum Gasteiger partial charge on any atom is 0.306 e.